The van der Waals surface area contributed by atoms with E-state index in [2.05, 4.69) is 0 Å². The number of fused-ring (bicyclic) bond motifs is 1. The molecular formula is C22H19ClO4. The Morgan fingerprint density at radius 2 is 1.93 bits per heavy atom. The summed E-state index contributed by atoms with van der Waals surface area (Å²) in [5.74, 6) is 0.600. The molecular weight excluding hydrogens is 364 g/mol. The molecule has 0 amide bonds. The van der Waals surface area contributed by atoms with Gasteiger partial charge in [0.25, 0.3) is 0 Å². The molecule has 0 saturated heterocycles. The van der Waals surface area contributed by atoms with E-state index in [1.54, 1.807) is 36.4 Å². The van der Waals surface area contributed by atoms with Gasteiger partial charge in [-0.3, -0.25) is 9.59 Å². The Hall–Kier alpha value is -2.59. The van der Waals surface area contributed by atoms with Crippen molar-refractivity contribution in [3.63, 3.8) is 0 Å². The molecule has 0 atom stereocenters. The number of esters is 1. The Morgan fingerprint density at radius 1 is 1.11 bits per heavy atom. The van der Waals surface area contributed by atoms with Crippen molar-refractivity contribution in [3.05, 3.63) is 64.4 Å². The first kappa shape index (κ1) is 17.8. The maximum absolute atomic E-state index is 12.5. The standard InChI is InChI=1S/C22H19ClO4/c23-16-8-4-5-14(11-16)12-20-21(24)18-10-9-17(13-19(18)27-20)26-22(25)15-6-2-1-3-7-15/h4-5,8-13,15H,1-3,6-7H2/b20-12-. The van der Waals surface area contributed by atoms with E-state index in [0.29, 0.717) is 22.1 Å². The van der Waals surface area contributed by atoms with E-state index >= 15 is 0 Å². The summed E-state index contributed by atoms with van der Waals surface area (Å²) in [4.78, 5) is 24.8. The second-order valence-electron chi connectivity index (χ2n) is 6.91. The van der Waals surface area contributed by atoms with Gasteiger partial charge in [0, 0.05) is 11.1 Å². The fraction of sp³-hybridized carbons (Fsp3) is 0.273. The largest absolute Gasteiger partial charge is 0.452 e. The molecule has 2 aliphatic rings. The van der Waals surface area contributed by atoms with Crippen molar-refractivity contribution in [1.82, 2.24) is 0 Å². The van der Waals surface area contributed by atoms with E-state index in [1.165, 1.54) is 6.42 Å². The highest BCUT2D eigenvalue weighted by Crippen LogP contribution is 2.35. The van der Waals surface area contributed by atoms with Crippen LogP contribution in [0, 0.1) is 5.92 Å². The molecule has 4 nitrogen and oxygen atoms in total. The molecule has 1 heterocycles. The Morgan fingerprint density at radius 3 is 2.70 bits per heavy atom. The molecule has 2 aromatic rings. The van der Waals surface area contributed by atoms with Crippen molar-refractivity contribution in [1.29, 1.82) is 0 Å². The average molecular weight is 383 g/mol. The lowest BCUT2D eigenvalue weighted by Crippen LogP contribution is -2.22. The minimum atomic E-state index is -0.200. The van der Waals surface area contributed by atoms with E-state index in [1.807, 2.05) is 12.1 Å². The van der Waals surface area contributed by atoms with Crippen LogP contribution < -0.4 is 9.47 Å². The quantitative estimate of drug-likeness (QED) is 0.403. The monoisotopic (exact) mass is 382 g/mol. The summed E-state index contributed by atoms with van der Waals surface area (Å²) in [5.41, 5.74) is 1.24. The predicted octanol–water partition coefficient (Wildman–Crippen LogP) is 5.44. The molecule has 1 aliphatic heterocycles. The van der Waals surface area contributed by atoms with Crippen molar-refractivity contribution in [2.45, 2.75) is 32.1 Å². The number of halogens is 1. The number of allylic oxidation sites excluding steroid dienone is 1. The summed E-state index contributed by atoms with van der Waals surface area (Å²) in [5, 5.41) is 0.587. The number of Topliss-reactive ketones (excluding diaryl/α,β-unsaturated/α-hetero) is 1. The number of ether oxygens (including phenoxy) is 2. The highest BCUT2D eigenvalue weighted by Gasteiger charge is 2.29. The summed E-state index contributed by atoms with van der Waals surface area (Å²) in [6, 6.07) is 12.1. The van der Waals surface area contributed by atoms with Gasteiger partial charge in [0.2, 0.25) is 5.78 Å². The fourth-order valence-electron chi connectivity index (χ4n) is 3.52. The van der Waals surface area contributed by atoms with Gasteiger partial charge in [-0.05, 0) is 48.7 Å². The zero-order valence-corrected chi connectivity index (χ0v) is 15.5. The molecule has 1 aliphatic carbocycles. The van der Waals surface area contributed by atoms with Gasteiger partial charge >= 0.3 is 5.97 Å². The summed E-state index contributed by atoms with van der Waals surface area (Å²) >= 11 is 5.99. The summed E-state index contributed by atoms with van der Waals surface area (Å²) in [7, 11) is 0. The van der Waals surface area contributed by atoms with E-state index in [4.69, 9.17) is 21.1 Å². The lowest BCUT2D eigenvalue weighted by Gasteiger charge is -2.19. The lowest BCUT2D eigenvalue weighted by atomic mass is 9.89. The minimum Gasteiger partial charge on any atom is -0.452 e. The van der Waals surface area contributed by atoms with E-state index in [-0.39, 0.29) is 23.4 Å². The maximum atomic E-state index is 12.5. The number of rotatable bonds is 3. The maximum Gasteiger partial charge on any atom is 0.314 e. The number of ketones is 1. The van der Waals surface area contributed by atoms with Gasteiger partial charge in [-0.1, -0.05) is 43.0 Å². The Labute approximate surface area is 162 Å². The third kappa shape index (κ3) is 3.91. The first-order chi connectivity index (χ1) is 13.1. The van der Waals surface area contributed by atoms with Gasteiger partial charge in [-0.25, -0.2) is 0 Å². The normalized spacial score (nSPS) is 18.3. The third-order valence-electron chi connectivity index (χ3n) is 4.94. The first-order valence-electron chi connectivity index (χ1n) is 9.16. The molecule has 27 heavy (non-hydrogen) atoms. The topological polar surface area (TPSA) is 52.6 Å². The number of carbonyl (C=O) groups is 2. The highest BCUT2D eigenvalue weighted by molar-refractivity contribution is 6.30. The van der Waals surface area contributed by atoms with E-state index in [9.17, 15) is 9.59 Å². The van der Waals surface area contributed by atoms with Crippen LogP contribution in [0.15, 0.2) is 48.2 Å². The molecule has 0 unspecified atom stereocenters. The van der Waals surface area contributed by atoms with Crippen molar-refractivity contribution in [2.24, 2.45) is 5.92 Å². The molecule has 0 bridgehead atoms. The van der Waals surface area contributed by atoms with Crippen LogP contribution in [0.25, 0.3) is 6.08 Å². The second-order valence-corrected chi connectivity index (χ2v) is 7.35. The molecule has 4 rings (SSSR count). The smallest absolute Gasteiger partial charge is 0.314 e. The Bertz CT molecular complexity index is 926. The molecule has 0 N–H and O–H groups in total. The molecule has 2 aromatic carbocycles. The fourth-order valence-corrected chi connectivity index (χ4v) is 3.71. The van der Waals surface area contributed by atoms with Crippen LogP contribution in [0.3, 0.4) is 0 Å². The number of hydrogen-bond acceptors (Lipinski definition) is 4. The number of hydrogen-bond donors (Lipinski definition) is 0. The first-order valence-corrected chi connectivity index (χ1v) is 9.53. The van der Waals surface area contributed by atoms with Crippen LogP contribution in [-0.2, 0) is 4.79 Å². The van der Waals surface area contributed by atoms with Gasteiger partial charge in [-0.2, -0.15) is 0 Å². The molecule has 0 spiro atoms. The van der Waals surface area contributed by atoms with Crippen LogP contribution in [0.4, 0.5) is 0 Å². The van der Waals surface area contributed by atoms with E-state index in [0.717, 1.165) is 31.2 Å². The number of carbonyl (C=O) groups excluding carboxylic acids is 2. The van der Waals surface area contributed by atoms with Crippen LogP contribution in [0.5, 0.6) is 11.5 Å². The third-order valence-corrected chi connectivity index (χ3v) is 5.18. The lowest BCUT2D eigenvalue weighted by molar-refractivity contribution is -0.139. The predicted molar refractivity (Wildman–Crippen MR) is 103 cm³/mol. The molecule has 0 radical (unpaired) electrons. The van der Waals surface area contributed by atoms with Gasteiger partial charge in [0.15, 0.2) is 5.76 Å². The van der Waals surface area contributed by atoms with Crippen LogP contribution in [0.1, 0.15) is 48.0 Å². The highest BCUT2D eigenvalue weighted by atomic mass is 35.5. The zero-order valence-electron chi connectivity index (χ0n) is 14.7. The van der Waals surface area contributed by atoms with Crippen LogP contribution in [0.2, 0.25) is 5.02 Å². The van der Waals surface area contributed by atoms with Crippen LogP contribution in [-0.4, -0.2) is 11.8 Å². The minimum absolute atomic E-state index is 0.0344. The summed E-state index contributed by atoms with van der Waals surface area (Å²) < 4.78 is 11.2. The van der Waals surface area contributed by atoms with Gasteiger partial charge in [0.1, 0.15) is 11.5 Å². The summed E-state index contributed by atoms with van der Waals surface area (Å²) in [6.07, 6.45) is 6.73. The van der Waals surface area contributed by atoms with Crippen molar-refractivity contribution >= 4 is 29.4 Å². The van der Waals surface area contributed by atoms with Crippen molar-refractivity contribution in [2.75, 3.05) is 0 Å². The van der Waals surface area contributed by atoms with Crippen molar-refractivity contribution in [3.8, 4) is 11.5 Å². The zero-order chi connectivity index (χ0) is 18.8. The van der Waals surface area contributed by atoms with Crippen LogP contribution >= 0.6 is 11.6 Å². The molecule has 1 saturated carbocycles. The SMILES string of the molecule is O=C1/C(=C/c2cccc(Cl)c2)Oc2cc(OC(=O)C3CCCCC3)ccc21. The van der Waals surface area contributed by atoms with Gasteiger partial charge in [-0.15, -0.1) is 0 Å². The van der Waals surface area contributed by atoms with E-state index < -0.39 is 0 Å². The average Bonchev–Trinajstić information content (AvgIpc) is 2.97. The van der Waals surface area contributed by atoms with Gasteiger partial charge < -0.3 is 9.47 Å². The Kier molecular flexibility index (Phi) is 4.99. The summed E-state index contributed by atoms with van der Waals surface area (Å²) in [6.45, 7) is 0. The molecule has 5 heteroatoms. The molecule has 138 valence electrons. The molecule has 0 aromatic heterocycles. The number of benzene rings is 2. The second kappa shape index (κ2) is 7.57. The van der Waals surface area contributed by atoms with Gasteiger partial charge in [0.05, 0.1) is 11.5 Å². The Balaban J connectivity index is 1.51. The molecule has 1 fully saturated rings. The van der Waals surface area contributed by atoms with Crippen molar-refractivity contribution < 1.29 is 19.1 Å².